The lowest BCUT2D eigenvalue weighted by Gasteiger charge is -2.29. The number of nitrogens with zero attached hydrogens (tertiary/aromatic N) is 5. The fourth-order valence-corrected chi connectivity index (χ4v) is 3.32. The molecule has 0 atom stereocenters. The first-order chi connectivity index (χ1) is 12.9. The first-order valence-corrected chi connectivity index (χ1v) is 8.68. The Morgan fingerprint density at radius 3 is 2.78 bits per heavy atom. The van der Waals surface area contributed by atoms with Gasteiger partial charge >= 0.3 is 5.69 Å². The number of fused-ring (bicyclic) bond motifs is 2. The Morgan fingerprint density at radius 1 is 1.22 bits per heavy atom. The van der Waals surface area contributed by atoms with Crippen molar-refractivity contribution in [3.63, 3.8) is 0 Å². The van der Waals surface area contributed by atoms with Crippen LogP contribution in [-0.2, 0) is 24.4 Å². The summed E-state index contributed by atoms with van der Waals surface area (Å²) in [7, 11) is 3.28. The van der Waals surface area contributed by atoms with E-state index in [0.717, 1.165) is 16.6 Å². The first-order valence-electron chi connectivity index (χ1n) is 8.68. The van der Waals surface area contributed by atoms with Gasteiger partial charge in [-0.1, -0.05) is 18.2 Å². The van der Waals surface area contributed by atoms with Crippen LogP contribution in [-0.4, -0.2) is 50.8 Å². The molecular formula is C18H20N6O3. The summed E-state index contributed by atoms with van der Waals surface area (Å²) in [5, 5.41) is 5.28. The van der Waals surface area contributed by atoms with Gasteiger partial charge in [0.1, 0.15) is 6.54 Å². The molecule has 0 saturated heterocycles. The fourth-order valence-electron chi connectivity index (χ4n) is 3.32. The average molecular weight is 368 g/mol. The van der Waals surface area contributed by atoms with E-state index in [1.165, 1.54) is 9.58 Å². The highest BCUT2D eigenvalue weighted by Gasteiger charge is 2.24. The van der Waals surface area contributed by atoms with Gasteiger partial charge in [0.05, 0.1) is 17.7 Å². The Hall–Kier alpha value is -3.36. The SMILES string of the molecule is CN(C)C(=O)Cn1nc2n(c1=O)CCN(c1cc(=O)[nH]c3ccccc13)C2. The van der Waals surface area contributed by atoms with Gasteiger partial charge in [0.25, 0.3) is 0 Å². The first kappa shape index (κ1) is 17.1. The third-order valence-corrected chi connectivity index (χ3v) is 4.78. The number of anilines is 1. The van der Waals surface area contributed by atoms with Crippen LogP contribution < -0.4 is 16.1 Å². The molecule has 9 heteroatoms. The number of nitrogens with one attached hydrogen (secondary N) is 1. The predicted molar refractivity (Wildman–Crippen MR) is 101 cm³/mol. The molecular weight excluding hydrogens is 348 g/mol. The highest BCUT2D eigenvalue weighted by Crippen LogP contribution is 2.26. The van der Waals surface area contributed by atoms with E-state index in [1.807, 2.05) is 29.2 Å². The monoisotopic (exact) mass is 368 g/mol. The van der Waals surface area contributed by atoms with Crippen molar-refractivity contribution in [2.75, 3.05) is 25.5 Å². The van der Waals surface area contributed by atoms with Crippen LogP contribution >= 0.6 is 0 Å². The fraction of sp³-hybridized carbons (Fsp3) is 0.333. The molecule has 0 unspecified atom stereocenters. The zero-order valence-electron chi connectivity index (χ0n) is 15.2. The quantitative estimate of drug-likeness (QED) is 0.702. The number of benzene rings is 1. The molecule has 4 rings (SSSR count). The lowest BCUT2D eigenvalue weighted by molar-refractivity contribution is -0.129. The number of H-pyrrole nitrogens is 1. The molecule has 2 aromatic heterocycles. The number of amides is 1. The van der Waals surface area contributed by atoms with Crippen LogP contribution in [0.5, 0.6) is 0 Å². The van der Waals surface area contributed by atoms with Gasteiger partial charge in [-0.3, -0.25) is 14.2 Å². The largest absolute Gasteiger partial charge is 0.361 e. The number of hydrogen-bond donors (Lipinski definition) is 1. The minimum absolute atomic E-state index is 0.0836. The molecule has 27 heavy (non-hydrogen) atoms. The number of carbonyl (C=O) groups is 1. The summed E-state index contributed by atoms with van der Waals surface area (Å²) in [4.78, 5) is 42.8. The summed E-state index contributed by atoms with van der Waals surface area (Å²) in [5.74, 6) is 0.396. The van der Waals surface area contributed by atoms with Crippen molar-refractivity contribution in [2.45, 2.75) is 19.6 Å². The number of para-hydroxylation sites is 1. The molecule has 3 aromatic rings. The van der Waals surface area contributed by atoms with Crippen molar-refractivity contribution >= 4 is 22.5 Å². The van der Waals surface area contributed by atoms with Gasteiger partial charge in [-0.2, -0.15) is 5.10 Å². The third kappa shape index (κ3) is 3.01. The summed E-state index contributed by atoms with van der Waals surface area (Å²) >= 11 is 0. The van der Waals surface area contributed by atoms with Gasteiger partial charge in [0.2, 0.25) is 11.5 Å². The molecule has 0 radical (unpaired) electrons. The van der Waals surface area contributed by atoms with Crippen LogP contribution in [0.25, 0.3) is 10.9 Å². The van der Waals surface area contributed by atoms with E-state index >= 15 is 0 Å². The van der Waals surface area contributed by atoms with Crippen molar-refractivity contribution < 1.29 is 4.79 Å². The maximum atomic E-state index is 12.5. The van der Waals surface area contributed by atoms with Gasteiger partial charge in [-0.25, -0.2) is 9.48 Å². The molecule has 1 aliphatic rings. The molecule has 1 aliphatic heterocycles. The van der Waals surface area contributed by atoms with E-state index in [0.29, 0.717) is 25.5 Å². The Balaban J connectivity index is 1.69. The lowest BCUT2D eigenvalue weighted by Crippen LogP contribution is -2.38. The summed E-state index contributed by atoms with van der Waals surface area (Å²) in [6.45, 7) is 1.34. The van der Waals surface area contributed by atoms with Crippen LogP contribution in [0.1, 0.15) is 5.82 Å². The van der Waals surface area contributed by atoms with E-state index in [9.17, 15) is 14.4 Å². The minimum atomic E-state index is -0.282. The van der Waals surface area contributed by atoms with Crippen LogP contribution in [0.2, 0.25) is 0 Å². The molecule has 140 valence electrons. The van der Waals surface area contributed by atoms with E-state index in [4.69, 9.17) is 0 Å². The average Bonchev–Trinajstić information content (AvgIpc) is 2.96. The Kier molecular flexibility index (Phi) is 4.06. The molecule has 0 spiro atoms. The molecule has 1 N–H and O–H groups in total. The zero-order valence-corrected chi connectivity index (χ0v) is 15.2. The van der Waals surface area contributed by atoms with Gasteiger partial charge in [0, 0.05) is 38.6 Å². The second-order valence-electron chi connectivity index (χ2n) is 6.78. The van der Waals surface area contributed by atoms with Crippen molar-refractivity contribution in [3.8, 4) is 0 Å². The molecule has 3 heterocycles. The van der Waals surface area contributed by atoms with Crippen LogP contribution in [0, 0.1) is 0 Å². The van der Waals surface area contributed by atoms with E-state index in [1.54, 1.807) is 24.7 Å². The predicted octanol–water partition coefficient (Wildman–Crippen LogP) is -0.00530. The third-order valence-electron chi connectivity index (χ3n) is 4.78. The molecule has 0 aliphatic carbocycles. The Labute approximate surface area is 154 Å². The normalized spacial score (nSPS) is 13.6. The number of likely N-dealkylation sites (N-methyl/N-ethyl adjacent to an activating group) is 1. The topological polar surface area (TPSA) is 96.2 Å². The standard InChI is InChI=1S/C18H20N6O3/c1-21(2)17(26)11-24-18(27)23-8-7-22(10-15(23)20-24)14-9-16(25)19-13-6-4-3-5-12(13)14/h3-6,9H,7-8,10-11H2,1-2H3,(H,19,25). The van der Waals surface area contributed by atoms with Crippen molar-refractivity contribution in [1.82, 2.24) is 24.2 Å². The highest BCUT2D eigenvalue weighted by atomic mass is 16.2. The molecule has 0 fully saturated rings. The highest BCUT2D eigenvalue weighted by molar-refractivity contribution is 5.91. The maximum absolute atomic E-state index is 12.5. The van der Waals surface area contributed by atoms with Crippen molar-refractivity contribution in [3.05, 3.63) is 57.0 Å². The second kappa shape index (κ2) is 6.42. The Morgan fingerprint density at radius 2 is 2.00 bits per heavy atom. The van der Waals surface area contributed by atoms with Gasteiger partial charge in [-0.15, -0.1) is 0 Å². The smallest absolute Gasteiger partial charge is 0.346 e. The van der Waals surface area contributed by atoms with Gasteiger partial charge < -0.3 is 14.8 Å². The van der Waals surface area contributed by atoms with Gasteiger partial charge in [0.15, 0.2) is 5.82 Å². The molecule has 0 bridgehead atoms. The maximum Gasteiger partial charge on any atom is 0.346 e. The molecule has 1 aromatic carbocycles. The zero-order chi connectivity index (χ0) is 19.1. The summed E-state index contributed by atoms with van der Waals surface area (Å²) in [6.07, 6.45) is 0. The van der Waals surface area contributed by atoms with E-state index in [2.05, 4.69) is 10.1 Å². The Bertz CT molecular complexity index is 1140. The summed E-state index contributed by atoms with van der Waals surface area (Å²) in [6, 6.07) is 9.19. The van der Waals surface area contributed by atoms with Crippen LogP contribution in [0.3, 0.4) is 0 Å². The number of rotatable bonds is 3. The van der Waals surface area contributed by atoms with Crippen molar-refractivity contribution in [2.24, 2.45) is 0 Å². The van der Waals surface area contributed by atoms with Crippen LogP contribution in [0.4, 0.5) is 5.69 Å². The molecule has 1 amide bonds. The molecule has 9 nitrogen and oxygen atoms in total. The number of aromatic amines is 1. The van der Waals surface area contributed by atoms with E-state index < -0.39 is 0 Å². The summed E-state index contributed by atoms with van der Waals surface area (Å²) in [5.41, 5.74) is 1.13. The minimum Gasteiger partial charge on any atom is -0.361 e. The van der Waals surface area contributed by atoms with Gasteiger partial charge in [-0.05, 0) is 6.07 Å². The number of aromatic nitrogens is 4. The number of carbonyl (C=O) groups excluding carboxylic acids is 1. The molecule has 0 saturated carbocycles. The number of hydrogen-bond acceptors (Lipinski definition) is 5. The second-order valence-corrected chi connectivity index (χ2v) is 6.78. The summed E-state index contributed by atoms with van der Waals surface area (Å²) < 4.78 is 2.80. The van der Waals surface area contributed by atoms with Crippen molar-refractivity contribution in [1.29, 1.82) is 0 Å². The number of pyridine rings is 1. The van der Waals surface area contributed by atoms with E-state index in [-0.39, 0.29) is 23.7 Å². The van der Waals surface area contributed by atoms with Crippen LogP contribution in [0.15, 0.2) is 39.9 Å². The lowest BCUT2D eigenvalue weighted by atomic mass is 10.1.